The maximum Gasteiger partial charge on any atom is 0.0857 e. The molecular weight excluding hydrogens is 373 g/mol. The van der Waals surface area contributed by atoms with Crippen LogP contribution in [0.4, 0.5) is 0 Å². The van der Waals surface area contributed by atoms with Crippen molar-refractivity contribution in [1.29, 1.82) is 0 Å². The van der Waals surface area contributed by atoms with Gasteiger partial charge in [0.15, 0.2) is 0 Å². The molecule has 0 unspecified atom stereocenters. The van der Waals surface area contributed by atoms with Crippen molar-refractivity contribution in [3.8, 4) is 0 Å². The normalized spacial score (nSPS) is 11.0. The van der Waals surface area contributed by atoms with E-state index in [1.54, 1.807) is 0 Å². The minimum Gasteiger partial charge on any atom is -0.378 e. The number of hydrogen-bond donors (Lipinski definition) is 1. The van der Waals surface area contributed by atoms with Crippen LogP contribution in [-0.4, -0.2) is 66.0 Å². The van der Waals surface area contributed by atoms with Crippen molar-refractivity contribution in [2.24, 2.45) is 5.73 Å². The Hall–Kier alpha value is 0.840. The lowest BCUT2D eigenvalue weighted by molar-refractivity contribution is -0.00323. The molecule has 0 aromatic rings. The van der Waals surface area contributed by atoms with E-state index in [2.05, 4.69) is 21.2 Å². The van der Waals surface area contributed by atoms with Crippen molar-refractivity contribution in [1.82, 2.24) is 0 Å². The second kappa shape index (κ2) is 17.8. The van der Waals surface area contributed by atoms with Crippen LogP contribution < -0.4 is 5.73 Å². The summed E-state index contributed by atoms with van der Waals surface area (Å²) in [4.78, 5) is 0. The molecule has 0 aromatic heterocycles. The largest absolute Gasteiger partial charge is 0.378 e. The van der Waals surface area contributed by atoms with E-state index in [-0.39, 0.29) is 0 Å². The maximum absolute atomic E-state index is 5.31. The van der Waals surface area contributed by atoms with Gasteiger partial charge in [-0.1, -0.05) is 0 Å². The molecule has 0 radical (unpaired) electrons. The van der Waals surface area contributed by atoms with Gasteiger partial charge in [-0.2, -0.15) is 0 Å². The molecule has 2 N–H and O–H groups in total. The smallest absolute Gasteiger partial charge is 0.0857 e. The molecule has 0 aliphatic carbocycles. The van der Waals surface area contributed by atoms with E-state index < -0.39 is 0 Å². The second-order valence-corrected chi connectivity index (χ2v) is 4.56. The molecular formula is C10H22INO5S. The Balaban J connectivity index is 2.86. The summed E-state index contributed by atoms with van der Waals surface area (Å²) in [7, 11) is 1.31. The first-order valence-corrected chi connectivity index (χ1v) is 9.11. The first-order chi connectivity index (χ1) is 8.91. The van der Waals surface area contributed by atoms with E-state index in [1.165, 1.54) is 9.21 Å². The number of hydrogen-bond acceptors (Lipinski definition) is 7. The number of nitrogens with two attached hydrogens (primary N) is 1. The Labute approximate surface area is 125 Å². The van der Waals surface area contributed by atoms with E-state index in [0.29, 0.717) is 66.0 Å². The molecule has 0 aliphatic heterocycles. The predicted molar refractivity (Wildman–Crippen MR) is 79.9 cm³/mol. The van der Waals surface area contributed by atoms with Gasteiger partial charge in [-0.3, -0.25) is 0 Å². The summed E-state index contributed by atoms with van der Waals surface area (Å²) in [5, 5.41) is 0. The third-order valence-corrected chi connectivity index (χ3v) is 2.75. The highest BCUT2D eigenvalue weighted by atomic mass is 127. The number of ether oxygens (including phenoxy) is 4. The fraction of sp³-hybridized carbons (Fsp3) is 1.00. The lowest BCUT2D eigenvalue weighted by Gasteiger charge is -2.06. The van der Waals surface area contributed by atoms with Gasteiger partial charge in [0, 0.05) is 27.8 Å². The van der Waals surface area contributed by atoms with Gasteiger partial charge < -0.3 is 28.9 Å². The van der Waals surface area contributed by atoms with Crippen molar-refractivity contribution in [2.45, 2.75) is 0 Å². The molecule has 0 bridgehead atoms. The third-order valence-electron chi connectivity index (χ3n) is 1.73. The highest BCUT2D eigenvalue weighted by molar-refractivity contribution is 14.2. The highest BCUT2D eigenvalue weighted by Crippen LogP contribution is 2.10. The molecule has 0 aliphatic rings. The average Bonchev–Trinajstić information content (AvgIpc) is 2.39. The summed E-state index contributed by atoms with van der Waals surface area (Å²) in [5.41, 5.74) is 5.27. The van der Waals surface area contributed by atoms with Gasteiger partial charge in [0.2, 0.25) is 0 Å². The molecule has 6 nitrogen and oxygen atoms in total. The van der Waals surface area contributed by atoms with Gasteiger partial charge in [0.1, 0.15) is 0 Å². The van der Waals surface area contributed by atoms with E-state index in [9.17, 15) is 0 Å². The molecule has 0 fully saturated rings. The fourth-order valence-corrected chi connectivity index (χ4v) is 1.64. The van der Waals surface area contributed by atoms with Crippen molar-refractivity contribution >= 4 is 30.4 Å². The van der Waals surface area contributed by atoms with Gasteiger partial charge in [-0.05, 0) is 0 Å². The molecule has 0 amide bonds. The SMILES string of the molecule is NCCOCCOCCOCCOCCOSI. The Kier molecular flexibility index (Phi) is 18.7. The fourth-order valence-electron chi connectivity index (χ4n) is 0.970. The molecule has 110 valence electrons. The Morgan fingerprint density at radius 1 is 0.667 bits per heavy atom. The maximum atomic E-state index is 5.31. The van der Waals surface area contributed by atoms with Gasteiger partial charge in [0.25, 0.3) is 0 Å². The molecule has 0 saturated carbocycles. The number of rotatable bonds is 15. The lowest BCUT2D eigenvalue weighted by Crippen LogP contribution is -2.14. The standard InChI is InChI=1S/C10H22INO5S/c11-18-17-10-9-16-8-7-15-6-5-14-4-3-13-2-1-12/h1-10,12H2. The molecule has 0 atom stereocenters. The molecule has 0 rings (SSSR count). The lowest BCUT2D eigenvalue weighted by atomic mass is 10.7. The van der Waals surface area contributed by atoms with E-state index in [0.717, 1.165) is 0 Å². The summed E-state index contributed by atoms with van der Waals surface area (Å²) in [6.45, 7) is 5.76. The second-order valence-electron chi connectivity index (χ2n) is 3.12. The van der Waals surface area contributed by atoms with E-state index in [4.69, 9.17) is 28.9 Å². The molecule has 8 heteroatoms. The van der Waals surface area contributed by atoms with Gasteiger partial charge in [0.05, 0.1) is 68.7 Å². The van der Waals surface area contributed by atoms with Crippen LogP contribution in [-0.2, 0) is 23.1 Å². The van der Waals surface area contributed by atoms with Gasteiger partial charge >= 0.3 is 0 Å². The van der Waals surface area contributed by atoms with Crippen LogP contribution in [0.15, 0.2) is 0 Å². The van der Waals surface area contributed by atoms with E-state index in [1.807, 2.05) is 0 Å². The van der Waals surface area contributed by atoms with Crippen LogP contribution in [0.3, 0.4) is 0 Å². The molecule has 18 heavy (non-hydrogen) atoms. The summed E-state index contributed by atoms with van der Waals surface area (Å²) >= 11 is 2.07. The van der Waals surface area contributed by atoms with E-state index >= 15 is 0 Å². The van der Waals surface area contributed by atoms with Gasteiger partial charge in [-0.25, -0.2) is 0 Å². The minimum atomic E-state index is 0.546. The molecule has 0 heterocycles. The average molecular weight is 395 g/mol. The van der Waals surface area contributed by atoms with Crippen LogP contribution in [0.2, 0.25) is 0 Å². The molecule has 0 saturated heterocycles. The topological polar surface area (TPSA) is 72.2 Å². The van der Waals surface area contributed by atoms with Crippen molar-refractivity contribution < 1.29 is 23.1 Å². The summed E-state index contributed by atoms with van der Waals surface area (Å²) < 4.78 is 26.0. The van der Waals surface area contributed by atoms with Crippen molar-refractivity contribution in [3.63, 3.8) is 0 Å². The first-order valence-electron chi connectivity index (χ1n) is 5.83. The number of halogens is 1. The predicted octanol–water partition coefficient (Wildman–Crippen LogP) is 1.03. The Morgan fingerprint density at radius 2 is 1.06 bits per heavy atom. The zero-order valence-electron chi connectivity index (χ0n) is 10.5. The van der Waals surface area contributed by atoms with Crippen LogP contribution in [0.5, 0.6) is 0 Å². The van der Waals surface area contributed by atoms with Crippen LogP contribution >= 0.6 is 30.4 Å². The summed E-state index contributed by atoms with van der Waals surface area (Å²) in [6, 6.07) is 0. The molecule has 0 spiro atoms. The van der Waals surface area contributed by atoms with Crippen molar-refractivity contribution in [2.75, 3.05) is 66.0 Å². The Bertz CT molecular complexity index is 142. The summed E-state index contributed by atoms with van der Waals surface area (Å²) in [5.74, 6) is 0. The van der Waals surface area contributed by atoms with Gasteiger partial charge in [-0.15, -0.1) is 0 Å². The monoisotopic (exact) mass is 395 g/mol. The first kappa shape index (κ1) is 18.8. The molecule has 0 aromatic carbocycles. The quantitative estimate of drug-likeness (QED) is 0.252. The third kappa shape index (κ3) is 16.8. The van der Waals surface area contributed by atoms with Crippen LogP contribution in [0.1, 0.15) is 0 Å². The Morgan fingerprint density at radius 3 is 1.44 bits per heavy atom. The highest BCUT2D eigenvalue weighted by Gasteiger charge is 1.92. The zero-order chi connectivity index (χ0) is 13.3. The van der Waals surface area contributed by atoms with Crippen LogP contribution in [0.25, 0.3) is 0 Å². The summed E-state index contributed by atoms with van der Waals surface area (Å²) in [6.07, 6.45) is 0. The minimum absolute atomic E-state index is 0.546. The van der Waals surface area contributed by atoms with Crippen LogP contribution in [0, 0.1) is 0 Å². The zero-order valence-corrected chi connectivity index (χ0v) is 13.4. The van der Waals surface area contributed by atoms with Crippen molar-refractivity contribution in [3.05, 3.63) is 0 Å².